The molecule has 3 aromatic rings. The molecule has 0 saturated heterocycles. The Hall–Kier alpha value is -3.41. The fraction of sp³-hybridized carbons (Fsp3) is 0.296. The number of rotatable bonds is 3. The molecule has 3 N–H and O–H groups in total. The van der Waals surface area contributed by atoms with Gasteiger partial charge in [-0.25, -0.2) is 8.78 Å². The summed E-state index contributed by atoms with van der Waals surface area (Å²) in [6.07, 6.45) is 0. The lowest BCUT2D eigenvalue weighted by Crippen LogP contribution is -2.37. The molecule has 3 aromatic carbocycles. The van der Waals surface area contributed by atoms with Crippen molar-refractivity contribution in [2.75, 3.05) is 5.32 Å². The number of hydrogen-bond donors (Lipinski definition) is 3. The molecule has 1 heterocycles. The van der Waals surface area contributed by atoms with Crippen LogP contribution in [0.2, 0.25) is 0 Å². The van der Waals surface area contributed by atoms with Gasteiger partial charge in [0.1, 0.15) is 16.9 Å². The van der Waals surface area contributed by atoms with Crippen molar-refractivity contribution >= 4 is 11.6 Å². The molecule has 1 aliphatic rings. The molecular weight excluding hydrogens is 424 g/mol. The van der Waals surface area contributed by atoms with Crippen molar-refractivity contribution in [3.63, 3.8) is 0 Å². The molecule has 0 radical (unpaired) electrons. The fourth-order valence-electron chi connectivity index (χ4n) is 4.51. The molecular formula is C27H27F2NO3. The van der Waals surface area contributed by atoms with Gasteiger partial charge in [0.05, 0.1) is 5.69 Å². The van der Waals surface area contributed by atoms with E-state index in [0.29, 0.717) is 0 Å². The summed E-state index contributed by atoms with van der Waals surface area (Å²) in [4.78, 5) is 13.7. The standard InChI is InChI=1S/C27H27F2NO3/c1-14(2)15-6-10-21(31)18(12-15)27(19-13-16(26(3,4)5)7-11-22(19)32)17-8-9-20(28)23(29)24(17)30-25(27)33/h6-14,31-32H,1-5H3,(H,30,33). The smallest absolute Gasteiger partial charge is 0.244 e. The van der Waals surface area contributed by atoms with E-state index < -0.39 is 23.0 Å². The van der Waals surface area contributed by atoms with Crippen LogP contribution in [0.3, 0.4) is 0 Å². The van der Waals surface area contributed by atoms with E-state index in [4.69, 9.17) is 0 Å². The minimum atomic E-state index is -1.79. The van der Waals surface area contributed by atoms with E-state index >= 15 is 0 Å². The maximum Gasteiger partial charge on any atom is 0.244 e. The number of carbonyl (C=O) groups is 1. The number of phenols is 2. The van der Waals surface area contributed by atoms with Gasteiger partial charge in [0, 0.05) is 16.7 Å². The van der Waals surface area contributed by atoms with Crippen LogP contribution in [0.15, 0.2) is 48.5 Å². The zero-order valence-electron chi connectivity index (χ0n) is 19.3. The van der Waals surface area contributed by atoms with Gasteiger partial charge in [-0.2, -0.15) is 0 Å². The summed E-state index contributed by atoms with van der Waals surface area (Å²) in [5.41, 5.74) is -0.221. The van der Waals surface area contributed by atoms with Crippen LogP contribution in [-0.4, -0.2) is 16.1 Å². The Morgan fingerprint density at radius 3 is 2.09 bits per heavy atom. The molecule has 0 saturated carbocycles. The van der Waals surface area contributed by atoms with Gasteiger partial charge in [-0.15, -0.1) is 0 Å². The highest BCUT2D eigenvalue weighted by molar-refractivity contribution is 6.12. The van der Waals surface area contributed by atoms with Gasteiger partial charge in [0.2, 0.25) is 5.91 Å². The number of fused-ring (bicyclic) bond motifs is 1. The number of hydrogen-bond acceptors (Lipinski definition) is 3. The topological polar surface area (TPSA) is 69.6 Å². The zero-order valence-corrected chi connectivity index (χ0v) is 19.3. The Labute approximate surface area is 191 Å². The van der Waals surface area contributed by atoms with Crippen LogP contribution < -0.4 is 5.32 Å². The largest absolute Gasteiger partial charge is 0.508 e. The lowest BCUT2D eigenvalue weighted by Gasteiger charge is -2.32. The Morgan fingerprint density at radius 2 is 1.48 bits per heavy atom. The average Bonchev–Trinajstić information content (AvgIpc) is 3.03. The zero-order chi connectivity index (χ0) is 24.3. The molecule has 1 unspecified atom stereocenters. The molecule has 4 nitrogen and oxygen atoms in total. The van der Waals surface area contributed by atoms with Crippen LogP contribution in [-0.2, 0) is 15.6 Å². The van der Waals surface area contributed by atoms with Gasteiger partial charge in [-0.3, -0.25) is 4.79 Å². The van der Waals surface area contributed by atoms with Crippen LogP contribution in [0, 0.1) is 11.6 Å². The number of anilines is 1. The van der Waals surface area contributed by atoms with Gasteiger partial charge < -0.3 is 15.5 Å². The lowest BCUT2D eigenvalue weighted by atomic mass is 9.68. The molecule has 0 spiro atoms. The normalized spacial score (nSPS) is 17.9. The van der Waals surface area contributed by atoms with Crippen molar-refractivity contribution < 1.29 is 23.8 Å². The summed E-state index contributed by atoms with van der Waals surface area (Å²) < 4.78 is 28.9. The number of aromatic hydroxyl groups is 2. The molecule has 1 aliphatic heterocycles. The van der Waals surface area contributed by atoms with Gasteiger partial charge >= 0.3 is 0 Å². The minimum Gasteiger partial charge on any atom is -0.508 e. The number of halogens is 2. The van der Waals surface area contributed by atoms with Crippen molar-refractivity contribution in [1.29, 1.82) is 0 Å². The molecule has 0 bridgehead atoms. The third kappa shape index (κ3) is 3.36. The highest BCUT2D eigenvalue weighted by Gasteiger charge is 2.54. The van der Waals surface area contributed by atoms with Crippen molar-refractivity contribution in [3.8, 4) is 11.5 Å². The first-order valence-corrected chi connectivity index (χ1v) is 10.9. The SMILES string of the molecule is CC(C)c1ccc(O)c(C2(c3cc(C(C)(C)C)ccc3O)C(=O)Nc3c2ccc(F)c3F)c1. The third-order valence-corrected chi connectivity index (χ3v) is 6.44. The van der Waals surface area contributed by atoms with E-state index in [9.17, 15) is 23.8 Å². The maximum absolute atomic E-state index is 14.8. The summed E-state index contributed by atoms with van der Waals surface area (Å²) in [7, 11) is 0. The fourth-order valence-corrected chi connectivity index (χ4v) is 4.51. The molecule has 6 heteroatoms. The highest BCUT2D eigenvalue weighted by atomic mass is 19.2. The third-order valence-electron chi connectivity index (χ3n) is 6.44. The van der Waals surface area contributed by atoms with E-state index in [-0.39, 0.29) is 45.2 Å². The Balaban J connectivity index is 2.19. The highest BCUT2D eigenvalue weighted by Crippen LogP contribution is 2.54. The average molecular weight is 452 g/mol. The summed E-state index contributed by atoms with van der Waals surface area (Å²) in [6, 6.07) is 12.2. The molecule has 172 valence electrons. The van der Waals surface area contributed by atoms with E-state index in [1.165, 1.54) is 18.2 Å². The predicted octanol–water partition coefficient (Wildman–Crippen LogP) is 6.08. The lowest BCUT2D eigenvalue weighted by molar-refractivity contribution is -0.118. The van der Waals surface area contributed by atoms with Crippen LogP contribution in [0.1, 0.15) is 68.4 Å². The van der Waals surface area contributed by atoms with Crippen molar-refractivity contribution in [3.05, 3.63) is 88.0 Å². The van der Waals surface area contributed by atoms with Gasteiger partial charge in [0.25, 0.3) is 0 Å². The Kier molecular flexibility index (Phi) is 5.23. The van der Waals surface area contributed by atoms with E-state index in [1.807, 2.05) is 34.6 Å². The minimum absolute atomic E-state index is 0.0739. The quantitative estimate of drug-likeness (QED) is 0.452. The molecule has 0 fully saturated rings. The first kappa shape index (κ1) is 22.8. The molecule has 1 atom stereocenters. The predicted molar refractivity (Wildman–Crippen MR) is 124 cm³/mol. The van der Waals surface area contributed by atoms with E-state index in [1.54, 1.807) is 24.3 Å². The van der Waals surface area contributed by atoms with Crippen LogP contribution in [0.25, 0.3) is 0 Å². The summed E-state index contributed by atoms with van der Waals surface area (Å²) in [5, 5.41) is 24.4. The molecule has 4 rings (SSSR count). The number of amides is 1. The van der Waals surface area contributed by atoms with E-state index in [0.717, 1.165) is 17.2 Å². The monoisotopic (exact) mass is 451 g/mol. The summed E-state index contributed by atoms with van der Waals surface area (Å²) >= 11 is 0. The summed E-state index contributed by atoms with van der Waals surface area (Å²) in [5.74, 6) is -3.27. The van der Waals surface area contributed by atoms with Gasteiger partial charge in [-0.05, 0) is 46.7 Å². The number of carbonyl (C=O) groups excluding carboxylic acids is 1. The van der Waals surface area contributed by atoms with Crippen LogP contribution in [0.5, 0.6) is 11.5 Å². The second-order valence-electron chi connectivity index (χ2n) is 9.90. The van der Waals surface area contributed by atoms with E-state index in [2.05, 4.69) is 5.32 Å². The Bertz CT molecular complexity index is 1280. The second kappa shape index (κ2) is 7.58. The first-order chi connectivity index (χ1) is 15.4. The number of phenolic OH excluding ortho intramolecular Hbond substituents is 2. The Morgan fingerprint density at radius 1 is 0.879 bits per heavy atom. The molecule has 0 aliphatic carbocycles. The van der Waals surface area contributed by atoms with Crippen molar-refractivity contribution in [2.45, 2.75) is 51.4 Å². The summed E-state index contributed by atoms with van der Waals surface area (Å²) in [6.45, 7) is 9.91. The van der Waals surface area contributed by atoms with Crippen molar-refractivity contribution in [1.82, 2.24) is 0 Å². The molecule has 33 heavy (non-hydrogen) atoms. The maximum atomic E-state index is 14.8. The van der Waals surface area contributed by atoms with Crippen molar-refractivity contribution in [2.24, 2.45) is 0 Å². The molecule has 0 aromatic heterocycles. The van der Waals surface area contributed by atoms with Crippen LogP contribution in [0.4, 0.5) is 14.5 Å². The first-order valence-electron chi connectivity index (χ1n) is 10.9. The molecule has 1 amide bonds. The van der Waals surface area contributed by atoms with Gasteiger partial charge in [0.15, 0.2) is 11.6 Å². The number of benzene rings is 3. The second-order valence-corrected chi connectivity index (χ2v) is 9.90. The van der Waals surface area contributed by atoms with Gasteiger partial charge in [-0.1, -0.05) is 58.9 Å². The van der Waals surface area contributed by atoms with Crippen LogP contribution >= 0.6 is 0 Å². The number of nitrogens with one attached hydrogen (secondary N) is 1.